The van der Waals surface area contributed by atoms with Crippen molar-refractivity contribution in [2.24, 2.45) is 4.99 Å². The van der Waals surface area contributed by atoms with Crippen LogP contribution < -0.4 is 4.80 Å². The van der Waals surface area contributed by atoms with Gasteiger partial charge in [-0.3, -0.25) is 0 Å². The van der Waals surface area contributed by atoms with Gasteiger partial charge in [0.25, 0.3) is 0 Å². The number of hydrogen-bond donors (Lipinski definition) is 1. The Labute approximate surface area is 126 Å². The van der Waals surface area contributed by atoms with Gasteiger partial charge in [-0.15, -0.1) is 11.3 Å². The average Bonchev–Trinajstić information content (AvgIpc) is 2.84. The number of hydrogen-bond acceptors (Lipinski definition) is 4. The van der Waals surface area contributed by atoms with E-state index in [4.69, 9.17) is 0 Å². The maximum absolute atomic E-state index is 9.80. The first-order valence-corrected chi connectivity index (χ1v) is 7.49. The molecule has 2 heterocycles. The second-order valence-electron chi connectivity index (χ2n) is 4.69. The number of rotatable bonds is 3. The highest BCUT2D eigenvalue weighted by Crippen LogP contribution is 2.21. The highest BCUT2D eigenvalue weighted by atomic mass is 32.1. The van der Waals surface area contributed by atoms with E-state index in [0.717, 1.165) is 17.0 Å². The van der Waals surface area contributed by atoms with Crippen molar-refractivity contribution in [2.45, 2.75) is 13.5 Å². The van der Waals surface area contributed by atoms with Crippen LogP contribution in [0.5, 0.6) is 5.75 Å². The maximum atomic E-state index is 9.80. The maximum Gasteiger partial charge on any atom is 0.197 e. The average molecular weight is 297 g/mol. The fraction of sp³-hybridized carbons (Fsp3) is 0.125. The molecule has 0 spiro atoms. The summed E-state index contributed by atoms with van der Waals surface area (Å²) in [6.07, 6.45) is 1.63. The molecule has 0 radical (unpaired) electrons. The van der Waals surface area contributed by atoms with Gasteiger partial charge in [-0.05, 0) is 24.6 Å². The topological polar surface area (TPSA) is 50.4 Å². The van der Waals surface area contributed by atoms with E-state index in [-0.39, 0.29) is 5.75 Å². The number of aromatic hydroxyl groups is 1. The predicted octanol–water partition coefficient (Wildman–Crippen LogP) is 3.24. The van der Waals surface area contributed by atoms with Crippen molar-refractivity contribution in [2.75, 3.05) is 0 Å². The minimum atomic E-state index is 0.0924. The van der Waals surface area contributed by atoms with Gasteiger partial charge < -0.3 is 9.67 Å². The molecular formula is C16H15N3OS. The van der Waals surface area contributed by atoms with Crippen LogP contribution in [0.25, 0.3) is 0 Å². The Morgan fingerprint density at radius 3 is 2.76 bits per heavy atom. The number of benzene rings is 1. The minimum absolute atomic E-state index is 0.0924. The Bertz CT molecular complexity index is 806. The molecule has 0 saturated heterocycles. The Morgan fingerprint density at radius 2 is 2.00 bits per heavy atom. The van der Waals surface area contributed by atoms with Crippen molar-refractivity contribution >= 4 is 17.2 Å². The molecule has 0 atom stereocenters. The smallest absolute Gasteiger partial charge is 0.197 e. The molecule has 0 aliphatic rings. The number of aryl methyl sites for hydroxylation is 1. The molecule has 0 aliphatic carbocycles. The molecule has 0 fully saturated rings. The van der Waals surface area contributed by atoms with E-state index in [1.807, 2.05) is 18.2 Å². The van der Waals surface area contributed by atoms with E-state index >= 15 is 0 Å². The van der Waals surface area contributed by atoms with Crippen LogP contribution in [0.15, 0.2) is 59.0 Å². The summed E-state index contributed by atoms with van der Waals surface area (Å²) in [6.45, 7) is 2.80. The molecule has 0 bridgehead atoms. The molecule has 106 valence electrons. The Morgan fingerprint density at radius 1 is 1.19 bits per heavy atom. The van der Waals surface area contributed by atoms with E-state index in [1.54, 1.807) is 29.7 Å². The van der Waals surface area contributed by atoms with Crippen LogP contribution >= 0.6 is 11.3 Å². The third-order valence-corrected chi connectivity index (χ3v) is 4.12. The van der Waals surface area contributed by atoms with Crippen molar-refractivity contribution in [3.63, 3.8) is 0 Å². The largest absolute Gasteiger partial charge is 0.504 e. The van der Waals surface area contributed by atoms with Crippen molar-refractivity contribution in [3.05, 3.63) is 70.1 Å². The van der Waals surface area contributed by atoms with Crippen LogP contribution in [0.4, 0.5) is 5.82 Å². The monoisotopic (exact) mass is 297 g/mol. The molecule has 0 aliphatic heterocycles. The third-order valence-electron chi connectivity index (χ3n) is 3.14. The van der Waals surface area contributed by atoms with Crippen LogP contribution in [0.2, 0.25) is 0 Å². The molecule has 2 aromatic heterocycles. The molecule has 21 heavy (non-hydrogen) atoms. The number of thiazole rings is 1. The number of pyridine rings is 1. The van der Waals surface area contributed by atoms with Crippen molar-refractivity contribution < 1.29 is 5.11 Å². The van der Waals surface area contributed by atoms with Crippen molar-refractivity contribution in [1.82, 2.24) is 9.55 Å². The summed E-state index contributed by atoms with van der Waals surface area (Å²) in [5.74, 6) is 0.441. The van der Waals surface area contributed by atoms with Gasteiger partial charge in [0, 0.05) is 17.3 Å². The summed E-state index contributed by atoms with van der Waals surface area (Å²) >= 11 is 1.54. The lowest BCUT2D eigenvalue weighted by atomic mass is 10.2. The zero-order valence-corrected chi connectivity index (χ0v) is 12.4. The molecule has 3 rings (SSSR count). The fourth-order valence-corrected chi connectivity index (χ4v) is 2.90. The van der Waals surface area contributed by atoms with Crippen LogP contribution in [-0.2, 0) is 6.54 Å². The number of aromatic nitrogens is 2. The van der Waals surface area contributed by atoms with E-state index in [0.29, 0.717) is 5.82 Å². The highest BCUT2D eigenvalue weighted by Gasteiger charge is 2.05. The first kappa shape index (κ1) is 13.6. The van der Waals surface area contributed by atoms with Gasteiger partial charge in [0.2, 0.25) is 0 Å². The van der Waals surface area contributed by atoms with E-state index in [2.05, 4.69) is 39.0 Å². The standard InChI is InChI=1S/C16H15N3OS/c1-12-11-21-16(18-15-14(20)8-5-9-17-15)19(12)10-13-6-3-2-4-7-13/h2-9,11,20H,10H2,1H3/b18-16-. The van der Waals surface area contributed by atoms with E-state index < -0.39 is 0 Å². The van der Waals surface area contributed by atoms with Crippen LogP contribution in [0.1, 0.15) is 11.3 Å². The second kappa shape index (κ2) is 5.93. The Hall–Kier alpha value is -2.40. The normalized spacial score (nSPS) is 11.8. The number of nitrogens with zero attached hydrogens (tertiary/aromatic N) is 3. The summed E-state index contributed by atoms with van der Waals surface area (Å²) in [5, 5.41) is 11.9. The summed E-state index contributed by atoms with van der Waals surface area (Å²) < 4.78 is 2.12. The zero-order valence-electron chi connectivity index (χ0n) is 11.6. The van der Waals surface area contributed by atoms with E-state index in [9.17, 15) is 5.11 Å². The molecule has 0 unspecified atom stereocenters. The highest BCUT2D eigenvalue weighted by molar-refractivity contribution is 7.07. The van der Waals surface area contributed by atoms with Crippen LogP contribution in [-0.4, -0.2) is 14.7 Å². The van der Waals surface area contributed by atoms with Gasteiger partial charge in [0.15, 0.2) is 16.4 Å². The van der Waals surface area contributed by atoms with Gasteiger partial charge in [-0.1, -0.05) is 30.3 Å². The fourth-order valence-electron chi connectivity index (χ4n) is 2.03. The molecule has 4 nitrogen and oxygen atoms in total. The predicted molar refractivity (Wildman–Crippen MR) is 83.7 cm³/mol. The lowest BCUT2D eigenvalue weighted by Crippen LogP contribution is -2.16. The van der Waals surface area contributed by atoms with Crippen LogP contribution in [0.3, 0.4) is 0 Å². The zero-order chi connectivity index (χ0) is 14.7. The minimum Gasteiger partial charge on any atom is -0.504 e. The van der Waals surface area contributed by atoms with Crippen molar-refractivity contribution in [1.29, 1.82) is 0 Å². The van der Waals surface area contributed by atoms with Crippen molar-refractivity contribution in [3.8, 4) is 5.75 Å². The summed E-state index contributed by atoms with van der Waals surface area (Å²) in [6, 6.07) is 13.5. The second-order valence-corrected chi connectivity index (χ2v) is 5.53. The lowest BCUT2D eigenvalue weighted by Gasteiger charge is -2.06. The first-order valence-electron chi connectivity index (χ1n) is 6.61. The molecule has 5 heteroatoms. The quantitative estimate of drug-likeness (QED) is 0.807. The van der Waals surface area contributed by atoms with Gasteiger partial charge >= 0.3 is 0 Å². The van der Waals surface area contributed by atoms with Gasteiger partial charge in [0.1, 0.15) is 0 Å². The summed E-state index contributed by atoms with van der Waals surface area (Å²) in [5.41, 5.74) is 2.35. The Balaban J connectivity index is 2.03. The molecular weight excluding hydrogens is 282 g/mol. The molecule has 0 amide bonds. The molecule has 1 aromatic carbocycles. The van der Waals surface area contributed by atoms with Crippen LogP contribution in [0, 0.1) is 6.92 Å². The molecule has 1 N–H and O–H groups in total. The summed E-state index contributed by atoms with van der Waals surface area (Å²) in [7, 11) is 0. The first-order chi connectivity index (χ1) is 10.2. The molecule has 0 saturated carbocycles. The lowest BCUT2D eigenvalue weighted by molar-refractivity contribution is 0.474. The van der Waals surface area contributed by atoms with Gasteiger partial charge in [0.05, 0.1) is 6.54 Å². The Kier molecular flexibility index (Phi) is 3.83. The SMILES string of the molecule is Cc1cs/c(=N\c2ncccc2O)n1Cc1ccccc1. The van der Waals surface area contributed by atoms with Gasteiger partial charge in [-0.2, -0.15) is 4.99 Å². The van der Waals surface area contributed by atoms with E-state index in [1.165, 1.54) is 5.56 Å². The third kappa shape index (κ3) is 3.03. The van der Waals surface area contributed by atoms with Gasteiger partial charge in [-0.25, -0.2) is 4.98 Å². The summed E-state index contributed by atoms with van der Waals surface area (Å²) in [4.78, 5) is 9.41. The molecule has 3 aromatic rings.